The molecular weight excluding hydrogens is 681 g/mol. The lowest BCUT2D eigenvalue weighted by Crippen LogP contribution is -2.31. The average Bonchev–Trinajstić information content (AvgIpc) is 3.92. The highest BCUT2D eigenvalue weighted by molar-refractivity contribution is 6.25. The van der Waals surface area contributed by atoms with Gasteiger partial charge in [-0.15, -0.1) is 0 Å². The maximum atomic E-state index is 2.28. The third kappa shape index (κ3) is 4.93. The van der Waals surface area contributed by atoms with E-state index in [2.05, 4.69) is 213 Å². The first-order valence-corrected chi connectivity index (χ1v) is 19.4. The summed E-state index contributed by atoms with van der Waals surface area (Å²) in [4.78, 5) is 0. The third-order valence-corrected chi connectivity index (χ3v) is 11.9. The quantitative estimate of drug-likeness (QED) is 0.115. The molecule has 0 unspecified atom stereocenters. The van der Waals surface area contributed by atoms with Gasteiger partial charge in [-0.25, -0.2) is 18.3 Å². The van der Waals surface area contributed by atoms with E-state index in [0.29, 0.717) is 0 Å². The summed E-state index contributed by atoms with van der Waals surface area (Å²) in [5.41, 5.74) is 7.40. The molecule has 0 bridgehead atoms. The first-order valence-electron chi connectivity index (χ1n) is 19.4. The molecule has 4 nitrogen and oxygen atoms in total. The molecule has 12 aromatic rings. The Kier molecular flexibility index (Phi) is 6.72. The lowest BCUT2D eigenvalue weighted by molar-refractivity contribution is -0.687. The number of imidazole rings is 2. The Hall–Kier alpha value is -7.30. The minimum atomic E-state index is 0.809. The fourth-order valence-corrected chi connectivity index (χ4v) is 9.18. The second-order valence-electron chi connectivity index (χ2n) is 15.3. The van der Waals surface area contributed by atoms with E-state index in [-0.39, 0.29) is 0 Å². The molecule has 56 heavy (non-hydrogen) atoms. The smallest absolute Gasteiger partial charge is 0.232 e. The van der Waals surface area contributed by atoms with Gasteiger partial charge in [-0.05, 0) is 89.6 Å². The normalized spacial score (nSPS) is 12.1. The van der Waals surface area contributed by atoms with Gasteiger partial charge in [0.2, 0.25) is 12.7 Å². The molecule has 0 aliphatic carbocycles. The molecule has 2 aromatic heterocycles. The minimum absolute atomic E-state index is 0.809. The Bertz CT molecular complexity index is 3140. The Labute approximate surface area is 323 Å². The van der Waals surface area contributed by atoms with Gasteiger partial charge >= 0.3 is 0 Å². The number of hydrogen-bond donors (Lipinski definition) is 0. The van der Waals surface area contributed by atoms with Crippen molar-refractivity contribution in [3.63, 3.8) is 0 Å². The third-order valence-electron chi connectivity index (χ3n) is 11.9. The number of aromatic nitrogens is 4. The zero-order valence-corrected chi connectivity index (χ0v) is 30.7. The molecule has 0 saturated carbocycles. The van der Waals surface area contributed by atoms with E-state index < -0.39 is 0 Å². The van der Waals surface area contributed by atoms with Crippen LogP contribution in [0.15, 0.2) is 195 Å². The van der Waals surface area contributed by atoms with Crippen molar-refractivity contribution in [3.05, 3.63) is 206 Å². The predicted octanol–water partition coefficient (Wildman–Crippen LogP) is 11.4. The summed E-state index contributed by atoms with van der Waals surface area (Å²) in [5, 5.41) is 15.7. The van der Waals surface area contributed by atoms with Gasteiger partial charge in [-0.3, -0.25) is 0 Å². The number of benzene rings is 10. The number of rotatable bonds is 7. The Morgan fingerprint density at radius 2 is 0.696 bits per heavy atom. The van der Waals surface area contributed by atoms with E-state index in [0.717, 1.165) is 13.1 Å². The van der Waals surface area contributed by atoms with E-state index in [1.54, 1.807) is 0 Å². The zero-order valence-electron chi connectivity index (χ0n) is 30.7. The van der Waals surface area contributed by atoms with E-state index in [1.165, 1.54) is 98.3 Å². The van der Waals surface area contributed by atoms with Crippen LogP contribution in [0, 0.1) is 0 Å². The van der Waals surface area contributed by atoms with Crippen LogP contribution in [0.1, 0.15) is 11.1 Å². The molecular formula is C52H36N4+2. The maximum absolute atomic E-state index is 2.28. The molecule has 12 rings (SSSR count). The van der Waals surface area contributed by atoms with Crippen LogP contribution in [0.5, 0.6) is 0 Å². The van der Waals surface area contributed by atoms with Gasteiger partial charge < -0.3 is 0 Å². The van der Waals surface area contributed by atoms with Gasteiger partial charge in [0.1, 0.15) is 49.3 Å². The molecule has 0 fully saturated rings. The van der Waals surface area contributed by atoms with Crippen LogP contribution < -0.4 is 9.13 Å². The predicted molar refractivity (Wildman–Crippen MR) is 229 cm³/mol. The average molecular weight is 717 g/mol. The van der Waals surface area contributed by atoms with E-state index >= 15 is 0 Å². The molecule has 4 heteroatoms. The summed E-state index contributed by atoms with van der Waals surface area (Å²) < 4.78 is 9.03. The van der Waals surface area contributed by atoms with Gasteiger partial charge in [0.15, 0.2) is 0 Å². The van der Waals surface area contributed by atoms with Gasteiger partial charge in [0.05, 0.1) is 0 Å². The lowest BCUT2D eigenvalue weighted by atomic mass is 9.93. The van der Waals surface area contributed by atoms with Crippen molar-refractivity contribution in [2.45, 2.75) is 13.1 Å². The Morgan fingerprint density at radius 1 is 0.339 bits per heavy atom. The van der Waals surface area contributed by atoms with Gasteiger partial charge in [-0.1, -0.05) is 133 Å². The SMILES string of the molecule is c1cc2ccc3ccc(-n4cc[n+](Cc5ccc(-c6ccc(C[n+]7ccn(-c8ccc9ccc%10cccc%11ccc8c9c%10%11)c7)cc6)cc5)c4)c4ccc(c1)c2c34. The van der Waals surface area contributed by atoms with Crippen molar-refractivity contribution in [1.82, 2.24) is 9.13 Å². The molecule has 0 aliphatic heterocycles. The fourth-order valence-electron chi connectivity index (χ4n) is 9.18. The van der Waals surface area contributed by atoms with E-state index in [9.17, 15) is 0 Å². The van der Waals surface area contributed by atoms with Crippen LogP contribution in [0.2, 0.25) is 0 Å². The molecule has 0 saturated heterocycles. The van der Waals surface area contributed by atoms with Gasteiger partial charge in [0.25, 0.3) is 0 Å². The summed E-state index contributed by atoms with van der Waals surface area (Å²) >= 11 is 0. The van der Waals surface area contributed by atoms with Crippen molar-refractivity contribution >= 4 is 64.6 Å². The van der Waals surface area contributed by atoms with Crippen molar-refractivity contribution < 1.29 is 9.13 Å². The van der Waals surface area contributed by atoms with Gasteiger partial charge in [0, 0.05) is 21.5 Å². The molecule has 0 atom stereocenters. The summed E-state index contributed by atoms with van der Waals surface area (Å²) in [6.45, 7) is 1.62. The summed E-state index contributed by atoms with van der Waals surface area (Å²) in [5.74, 6) is 0. The highest BCUT2D eigenvalue weighted by atomic mass is 15.1. The van der Waals surface area contributed by atoms with Crippen molar-refractivity contribution in [3.8, 4) is 22.5 Å². The van der Waals surface area contributed by atoms with Crippen LogP contribution in [0.3, 0.4) is 0 Å². The topological polar surface area (TPSA) is 17.6 Å². The number of hydrogen-bond acceptors (Lipinski definition) is 0. The van der Waals surface area contributed by atoms with Crippen molar-refractivity contribution in [2.75, 3.05) is 0 Å². The monoisotopic (exact) mass is 716 g/mol. The molecule has 10 aromatic carbocycles. The minimum Gasteiger partial charge on any atom is -0.232 e. The van der Waals surface area contributed by atoms with Crippen LogP contribution >= 0.6 is 0 Å². The molecule has 0 aliphatic rings. The van der Waals surface area contributed by atoms with Crippen LogP contribution in [0.4, 0.5) is 0 Å². The van der Waals surface area contributed by atoms with Crippen LogP contribution in [-0.4, -0.2) is 9.13 Å². The summed E-state index contributed by atoms with van der Waals surface area (Å²) in [6.07, 6.45) is 13.1. The highest BCUT2D eigenvalue weighted by Gasteiger charge is 2.17. The van der Waals surface area contributed by atoms with E-state index in [1.807, 2.05) is 0 Å². The Morgan fingerprint density at radius 3 is 1.11 bits per heavy atom. The zero-order chi connectivity index (χ0) is 36.7. The van der Waals surface area contributed by atoms with Crippen molar-refractivity contribution in [1.29, 1.82) is 0 Å². The maximum Gasteiger partial charge on any atom is 0.249 e. The highest BCUT2D eigenvalue weighted by Crippen LogP contribution is 2.38. The number of nitrogens with zero attached hydrogens (tertiary/aromatic N) is 4. The van der Waals surface area contributed by atoms with Crippen LogP contribution in [-0.2, 0) is 13.1 Å². The fraction of sp³-hybridized carbons (Fsp3) is 0.0385. The first kappa shape index (κ1) is 31.1. The first-order chi connectivity index (χ1) is 27.7. The molecule has 0 N–H and O–H groups in total. The van der Waals surface area contributed by atoms with Crippen LogP contribution in [0.25, 0.3) is 87.1 Å². The lowest BCUT2D eigenvalue weighted by Gasteiger charge is -2.12. The van der Waals surface area contributed by atoms with Crippen molar-refractivity contribution in [2.24, 2.45) is 0 Å². The summed E-state index contributed by atoms with van der Waals surface area (Å²) in [7, 11) is 0. The second-order valence-corrected chi connectivity index (χ2v) is 15.3. The standard InChI is InChI=1S/C52H36N4/c1-3-39-15-17-43-21-25-47(45-23-19-41(5-1)49(39)51(43)45)55-29-27-53(33-55)31-35-7-11-37(12-8-35)38-13-9-36(10-14-38)32-54-28-30-56(34-54)48-26-22-44-18-16-40-4-2-6-42-20-24-46(48)52(44)50(40)42/h1-30,33-34H,31-32H2/q+2. The second kappa shape index (κ2) is 12.1. The molecule has 0 radical (unpaired) electrons. The molecule has 0 amide bonds. The molecule has 2 heterocycles. The largest absolute Gasteiger partial charge is 0.249 e. The molecule has 262 valence electrons. The van der Waals surface area contributed by atoms with E-state index in [4.69, 9.17) is 0 Å². The Balaban J connectivity index is 0.754. The molecule has 0 spiro atoms. The summed E-state index contributed by atoms with van der Waals surface area (Å²) in [6, 6.07) is 58.2. The van der Waals surface area contributed by atoms with Gasteiger partial charge in [-0.2, -0.15) is 0 Å².